The fourth-order valence-corrected chi connectivity index (χ4v) is 2.71. The fourth-order valence-electron chi connectivity index (χ4n) is 2.71. The van der Waals surface area contributed by atoms with Gasteiger partial charge in [-0.25, -0.2) is 0 Å². The molecule has 0 radical (unpaired) electrons. The van der Waals surface area contributed by atoms with E-state index in [0.29, 0.717) is 30.4 Å². The van der Waals surface area contributed by atoms with Gasteiger partial charge in [0.1, 0.15) is 11.5 Å². The second-order valence-corrected chi connectivity index (χ2v) is 6.09. The van der Waals surface area contributed by atoms with Crippen LogP contribution in [0.5, 0.6) is 0 Å². The molecule has 5 heteroatoms. The first-order chi connectivity index (χ1) is 9.70. The lowest BCUT2D eigenvalue weighted by Crippen LogP contribution is -2.25. The van der Waals surface area contributed by atoms with Gasteiger partial charge in [-0.2, -0.15) is 0 Å². The zero-order valence-corrected chi connectivity index (χ0v) is 11.9. The van der Waals surface area contributed by atoms with Crippen LogP contribution in [-0.4, -0.2) is 16.2 Å². The molecule has 5 nitrogen and oxygen atoms in total. The minimum Gasteiger partial charge on any atom is -0.464 e. The summed E-state index contributed by atoms with van der Waals surface area (Å²) in [7, 11) is 0. The molecule has 0 aliphatic heterocycles. The van der Waals surface area contributed by atoms with E-state index in [1.165, 1.54) is 19.3 Å². The predicted octanol–water partition coefficient (Wildman–Crippen LogP) is 3.26. The van der Waals surface area contributed by atoms with E-state index in [0.717, 1.165) is 17.4 Å². The number of hydrogen-bond donors (Lipinski definition) is 0. The Balaban J connectivity index is 1.51. The summed E-state index contributed by atoms with van der Waals surface area (Å²) in [5.41, 5.74) is 0. The van der Waals surface area contributed by atoms with Crippen LogP contribution in [0.2, 0.25) is 0 Å². The van der Waals surface area contributed by atoms with E-state index in [-0.39, 0.29) is 0 Å². The van der Waals surface area contributed by atoms with E-state index in [9.17, 15) is 0 Å². The summed E-state index contributed by atoms with van der Waals surface area (Å²) in [6.07, 6.45) is 3.63. The van der Waals surface area contributed by atoms with Gasteiger partial charge in [-0.1, -0.05) is 12.0 Å². The van der Waals surface area contributed by atoms with E-state index in [1.807, 2.05) is 6.92 Å². The topological polar surface area (TPSA) is 55.3 Å². The van der Waals surface area contributed by atoms with Crippen molar-refractivity contribution in [2.75, 3.05) is 4.90 Å². The van der Waals surface area contributed by atoms with Crippen LogP contribution in [0.3, 0.4) is 0 Å². The van der Waals surface area contributed by atoms with Crippen LogP contribution in [0, 0.1) is 12.8 Å². The van der Waals surface area contributed by atoms with Crippen LogP contribution in [0.25, 0.3) is 0 Å². The van der Waals surface area contributed by atoms with Crippen molar-refractivity contribution in [3.63, 3.8) is 0 Å². The molecule has 2 aliphatic rings. The standard InChI is InChI=1S/C15H19N3O2/c1-9-7-13(9)14-6-5-12(20-14)8-18(11-3-4-11)15-17-16-10(2)19-15/h5-6,9,11,13H,3-4,7-8H2,1-2H3/t9-,13-/m0/s1. The summed E-state index contributed by atoms with van der Waals surface area (Å²) >= 11 is 0. The van der Waals surface area contributed by atoms with Crippen LogP contribution in [0.15, 0.2) is 21.0 Å². The zero-order valence-electron chi connectivity index (χ0n) is 11.9. The monoisotopic (exact) mass is 273 g/mol. The van der Waals surface area contributed by atoms with Crippen LogP contribution >= 0.6 is 0 Å². The zero-order chi connectivity index (χ0) is 13.7. The molecule has 2 aromatic heterocycles. The Labute approximate surface area is 118 Å². The number of aryl methyl sites for hydroxylation is 1. The number of aromatic nitrogens is 2. The molecule has 0 unspecified atom stereocenters. The van der Waals surface area contributed by atoms with Gasteiger partial charge in [-0.15, -0.1) is 5.10 Å². The maximum atomic E-state index is 5.98. The van der Waals surface area contributed by atoms with Gasteiger partial charge in [0.05, 0.1) is 6.54 Å². The Morgan fingerprint density at radius 3 is 2.65 bits per heavy atom. The average Bonchev–Trinajstić information content (AvgIpc) is 3.30. The third kappa shape index (κ3) is 2.21. The Bertz CT molecular complexity index is 614. The Hall–Kier alpha value is -1.78. The van der Waals surface area contributed by atoms with Gasteiger partial charge in [-0.05, 0) is 37.3 Å². The summed E-state index contributed by atoms with van der Waals surface area (Å²) in [6.45, 7) is 4.80. The highest BCUT2D eigenvalue weighted by atomic mass is 16.4. The highest BCUT2D eigenvalue weighted by Crippen LogP contribution is 2.47. The average molecular weight is 273 g/mol. The molecule has 0 aromatic carbocycles. The number of nitrogens with zero attached hydrogens (tertiary/aromatic N) is 3. The molecule has 0 spiro atoms. The Kier molecular flexibility index (Phi) is 2.62. The molecule has 4 rings (SSSR count). The van der Waals surface area contributed by atoms with Crippen molar-refractivity contribution in [1.29, 1.82) is 0 Å². The molecule has 0 bridgehead atoms. The van der Waals surface area contributed by atoms with Crippen molar-refractivity contribution in [2.24, 2.45) is 5.92 Å². The van der Waals surface area contributed by atoms with Gasteiger partial charge in [0, 0.05) is 18.9 Å². The molecule has 2 heterocycles. The molecule has 106 valence electrons. The first-order valence-electron chi connectivity index (χ1n) is 7.36. The molecule has 2 atom stereocenters. The summed E-state index contributed by atoms with van der Waals surface area (Å²) in [5.74, 6) is 4.13. The number of furan rings is 1. The van der Waals surface area contributed by atoms with E-state index >= 15 is 0 Å². The highest BCUT2D eigenvalue weighted by molar-refractivity contribution is 5.31. The van der Waals surface area contributed by atoms with Crippen molar-refractivity contribution in [1.82, 2.24) is 10.2 Å². The van der Waals surface area contributed by atoms with E-state index in [2.05, 4.69) is 34.2 Å². The highest BCUT2D eigenvalue weighted by Gasteiger charge is 2.37. The normalized spacial score (nSPS) is 24.9. The summed E-state index contributed by atoms with van der Waals surface area (Å²) in [4.78, 5) is 2.17. The Morgan fingerprint density at radius 1 is 1.25 bits per heavy atom. The molecule has 2 saturated carbocycles. The number of anilines is 1. The van der Waals surface area contributed by atoms with Crippen molar-refractivity contribution in [3.8, 4) is 0 Å². The molecule has 0 saturated heterocycles. The molecule has 20 heavy (non-hydrogen) atoms. The van der Waals surface area contributed by atoms with Crippen LogP contribution in [0.4, 0.5) is 6.01 Å². The molecule has 0 amide bonds. The van der Waals surface area contributed by atoms with Gasteiger partial charge in [0.25, 0.3) is 0 Å². The molecular formula is C15H19N3O2. The lowest BCUT2D eigenvalue weighted by atomic mass is 10.3. The van der Waals surface area contributed by atoms with E-state index in [4.69, 9.17) is 8.83 Å². The predicted molar refractivity (Wildman–Crippen MR) is 73.5 cm³/mol. The van der Waals surface area contributed by atoms with Crippen molar-refractivity contribution < 1.29 is 8.83 Å². The second-order valence-electron chi connectivity index (χ2n) is 6.09. The van der Waals surface area contributed by atoms with Gasteiger partial charge >= 0.3 is 6.01 Å². The maximum absolute atomic E-state index is 5.98. The van der Waals surface area contributed by atoms with Crippen LogP contribution in [0.1, 0.15) is 49.5 Å². The summed E-state index contributed by atoms with van der Waals surface area (Å²) < 4.78 is 11.5. The fraction of sp³-hybridized carbons (Fsp3) is 0.600. The molecule has 2 aliphatic carbocycles. The lowest BCUT2D eigenvalue weighted by Gasteiger charge is -2.17. The van der Waals surface area contributed by atoms with Crippen molar-refractivity contribution in [3.05, 3.63) is 29.5 Å². The molecule has 2 aromatic rings. The summed E-state index contributed by atoms with van der Waals surface area (Å²) in [5, 5.41) is 8.06. The minimum absolute atomic E-state index is 0.517. The Morgan fingerprint density at radius 2 is 2.05 bits per heavy atom. The van der Waals surface area contributed by atoms with Gasteiger partial charge in [0.15, 0.2) is 0 Å². The third-order valence-corrected chi connectivity index (χ3v) is 4.23. The maximum Gasteiger partial charge on any atom is 0.318 e. The van der Waals surface area contributed by atoms with Gasteiger partial charge in [-0.3, -0.25) is 0 Å². The SMILES string of the molecule is Cc1nnc(N(Cc2ccc([C@H]3C[C@@H]3C)o2)C2CC2)o1. The largest absolute Gasteiger partial charge is 0.464 e. The number of hydrogen-bond acceptors (Lipinski definition) is 5. The molecule has 0 N–H and O–H groups in total. The first kappa shape index (κ1) is 12.0. The van der Waals surface area contributed by atoms with Crippen LogP contribution < -0.4 is 4.90 Å². The molecular weight excluding hydrogens is 254 g/mol. The minimum atomic E-state index is 0.517. The third-order valence-electron chi connectivity index (χ3n) is 4.23. The first-order valence-corrected chi connectivity index (χ1v) is 7.36. The van der Waals surface area contributed by atoms with Gasteiger partial charge in [0.2, 0.25) is 5.89 Å². The smallest absolute Gasteiger partial charge is 0.318 e. The van der Waals surface area contributed by atoms with Crippen molar-refractivity contribution >= 4 is 6.01 Å². The van der Waals surface area contributed by atoms with Gasteiger partial charge < -0.3 is 13.7 Å². The number of rotatable bonds is 5. The van der Waals surface area contributed by atoms with E-state index in [1.54, 1.807) is 0 Å². The lowest BCUT2D eigenvalue weighted by molar-refractivity contribution is 0.441. The summed E-state index contributed by atoms with van der Waals surface area (Å²) in [6, 6.07) is 5.33. The quantitative estimate of drug-likeness (QED) is 0.837. The van der Waals surface area contributed by atoms with E-state index < -0.39 is 0 Å². The van der Waals surface area contributed by atoms with Crippen molar-refractivity contribution in [2.45, 2.75) is 51.6 Å². The molecule has 2 fully saturated rings. The second kappa shape index (κ2) is 4.36. The van der Waals surface area contributed by atoms with Crippen LogP contribution in [-0.2, 0) is 6.54 Å².